The quantitative estimate of drug-likeness (QED) is 0.675. The van der Waals surface area contributed by atoms with Crippen molar-refractivity contribution in [1.29, 1.82) is 0 Å². The fourth-order valence-electron chi connectivity index (χ4n) is 4.25. The van der Waals surface area contributed by atoms with Gasteiger partial charge in [-0.2, -0.15) is 0 Å². The molecule has 0 aliphatic carbocycles. The zero-order valence-electron chi connectivity index (χ0n) is 19.0. The monoisotopic (exact) mass is 427 g/mol. The fourth-order valence-corrected chi connectivity index (χ4v) is 4.25. The topological polar surface area (TPSA) is 72.1 Å². The van der Waals surface area contributed by atoms with Gasteiger partial charge in [-0.3, -0.25) is 4.90 Å². The van der Waals surface area contributed by atoms with Crippen LogP contribution in [0.25, 0.3) is 0 Å². The van der Waals surface area contributed by atoms with Crippen molar-refractivity contribution < 1.29 is 19.0 Å². The Hall–Kier alpha value is -2.93. The minimum atomic E-state index is -0.160. The van der Waals surface area contributed by atoms with Crippen molar-refractivity contribution in [3.8, 4) is 17.2 Å². The van der Waals surface area contributed by atoms with Crippen molar-refractivity contribution in [3.05, 3.63) is 53.1 Å². The highest BCUT2D eigenvalue weighted by atomic mass is 16.5. The van der Waals surface area contributed by atoms with E-state index in [9.17, 15) is 4.79 Å². The number of carbonyl (C=O) groups is 1. The summed E-state index contributed by atoms with van der Waals surface area (Å²) in [4.78, 5) is 14.7. The molecule has 2 aromatic carbocycles. The molecule has 0 bridgehead atoms. The Labute approximate surface area is 184 Å². The molecule has 2 amide bonds. The van der Waals surface area contributed by atoms with Crippen molar-refractivity contribution >= 4 is 6.03 Å². The molecular formula is C24H33N3O4. The summed E-state index contributed by atoms with van der Waals surface area (Å²) in [5.74, 6) is 2.27. The molecule has 0 unspecified atom stereocenters. The average Bonchev–Trinajstić information content (AvgIpc) is 2.78. The molecule has 168 valence electrons. The highest BCUT2D eigenvalue weighted by molar-refractivity contribution is 5.74. The van der Waals surface area contributed by atoms with Crippen LogP contribution in [0, 0.1) is 0 Å². The Kier molecular flexibility index (Phi) is 7.63. The highest BCUT2D eigenvalue weighted by Crippen LogP contribution is 2.40. The van der Waals surface area contributed by atoms with E-state index < -0.39 is 0 Å². The van der Waals surface area contributed by atoms with Gasteiger partial charge in [0.05, 0.1) is 27.4 Å². The third-order valence-corrected chi connectivity index (χ3v) is 5.74. The van der Waals surface area contributed by atoms with Crippen LogP contribution in [0.5, 0.6) is 17.2 Å². The maximum Gasteiger partial charge on any atom is 0.315 e. The smallest absolute Gasteiger partial charge is 0.315 e. The van der Waals surface area contributed by atoms with E-state index in [1.807, 2.05) is 26.0 Å². The second-order valence-electron chi connectivity index (χ2n) is 7.71. The molecule has 0 spiro atoms. The minimum absolute atomic E-state index is 0.00624. The van der Waals surface area contributed by atoms with Crippen LogP contribution in [0.2, 0.25) is 0 Å². The number of amides is 2. The predicted octanol–water partition coefficient (Wildman–Crippen LogP) is 3.52. The molecule has 0 radical (unpaired) electrons. The number of fused-ring (bicyclic) bond motifs is 1. The molecule has 0 fully saturated rings. The number of urea groups is 1. The van der Waals surface area contributed by atoms with Gasteiger partial charge in [-0.1, -0.05) is 12.1 Å². The third kappa shape index (κ3) is 5.22. The number of ether oxygens (including phenoxy) is 3. The van der Waals surface area contributed by atoms with Crippen LogP contribution >= 0.6 is 0 Å². The van der Waals surface area contributed by atoms with Gasteiger partial charge in [0.2, 0.25) is 0 Å². The Bertz CT molecular complexity index is 885. The Balaban J connectivity index is 1.95. The summed E-state index contributed by atoms with van der Waals surface area (Å²) in [5.41, 5.74) is 3.57. The predicted molar refractivity (Wildman–Crippen MR) is 121 cm³/mol. The zero-order valence-corrected chi connectivity index (χ0v) is 19.0. The van der Waals surface area contributed by atoms with Crippen molar-refractivity contribution in [2.45, 2.75) is 38.9 Å². The molecule has 3 rings (SSSR count). The Morgan fingerprint density at radius 2 is 1.77 bits per heavy atom. The molecule has 7 heteroatoms. The van der Waals surface area contributed by atoms with Crippen LogP contribution in [-0.4, -0.2) is 51.4 Å². The summed E-state index contributed by atoms with van der Waals surface area (Å²) >= 11 is 0. The minimum Gasteiger partial charge on any atom is -0.497 e. The lowest BCUT2D eigenvalue weighted by Gasteiger charge is -2.41. The molecule has 2 aromatic rings. The summed E-state index contributed by atoms with van der Waals surface area (Å²) in [6.07, 6.45) is 0.899. The molecule has 0 aromatic heterocycles. The van der Waals surface area contributed by atoms with Gasteiger partial charge in [0.25, 0.3) is 0 Å². The normalized spacial score (nSPS) is 16.7. The Morgan fingerprint density at radius 1 is 1.10 bits per heavy atom. The first-order valence-corrected chi connectivity index (χ1v) is 10.7. The van der Waals surface area contributed by atoms with E-state index in [4.69, 9.17) is 14.2 Å². The standard InChI is InChI=1S/C24H33N3O4/c1-6-25-24(28)26-16(2)23-20-14-22(31-5)21(30-4)13-18(20)11-12-27(23)15-17-7-9-19(29-3)10-8-17/h7-10,13-14,16,23H,6,11-12,15H2,1-5H3,(H2,25,26,28)/t16-,23-/m1/s1. The lowest BCUT2D eigenvalue weighted by Crippen LogP contribution is -2.49. The first-order chi connectivity index (χ1) is 15.0. The first kappa shape index (κ1) is 22.7. The van der Waals surface area contributed by atoms with E-state index in [1.54, 1.807) is 21.3 Å². The molecule has 1 heterocycles. The molecule has 1 aliphatic rings. The second-order valence-corrected chi connectivity index (χ2v) is 7.71. The number of methoxy groups -OCH3 is 3. The molecule has 7 nitrogen and oxygen atoms in total. The van der Waals surface area contributed by atoms with Crippen molar-refractivity contribution in [1.82, 2.24) is 15.5 Å². The summed E-state index contributed by atoms with van der Waals surface area (Å²) in [6.45, 7) is 6.19. The maximum atomic E-state index is 12.3. The Morgan fingerprint density at radius 3 is 2.39 bits per heavy atom. The highest BCUT2D eigenvalue weighted by Gasteiger charge is 2.33. The van der Waals surface area contributed by atoms with Gasteiger partial charge in [-0.15, -0.1) is 0 Å². The molecule has 31 heavy (non-hydrogen) atoms. The third-order valence-electron chi connectivity index (χ3n) is 5.74. The number of hydrogen-bond acceptors (Lipinski definition) is 5. The van der Waals surface area contributed by atoms with Crippen LogP contribution in [0.4, 0.5) is 4.79 Å². The molecule has 0 saturated heterocycles. The SMILES string of the molecule is CCNC(=O)N[C@H](C)[C@@H]1c2cc(OC)c(OC)cc2CCN1Cc1ccc(OC)cc1. The van der Waals surface area contributed by atoms with Crippen molar-refractivity contribution in [2.75, 3.05) is 34.4 Å². The van der Waals surface area contributed by atoms with Crippen LogP contribution in [0.3, 0.4) is 0 Å². The summed E-state index contributed by atoms with van der Waals surface area (Å²) in [7, 11) is 4.97. The van der Waals surface area contributed by atoms with E-state index in [-0.39, 0.29) is 18.1 Å². The van der Waals surface area contributed by atoms with Gasteiger partial charge in [0.15, 0.2) is 11.5 Å². The largest absolute Gasteiger partial charge is 0.497 e. The molecule has 1 aliphatic heterocycles. The van der Waals surface area contributed by atoms with Crippen molar-refractivity contribution in [2.24, 2.45) is 0 Å². The van der Waals surface area contributed by atoms with Gasteiger partial charge >= 0.3 is 6.03 Å². The average molecular weight is 428 g/mol. The summed E-state index contributed by atoms with van der Waals surface area (Å²) < 4.78 is 16.4. The van der Waals surface area contributed by atoms with Gasteiger partial charge < -0.3 is 24.8 Å². The van der Waals surface area contributed by atoms with Crippen LogP contribution in [0.15, 0.2) is 36.4 Å². The molecule has 0 saturated carbocycles. The van der Waals surface area contributed by atoms with Crippen molar-refractivity contribution in [3.63, 3.8) is 0 Å². The maximum absolute atomic E-state index is 12.3. The summed E-state index contributed by atoms with van der Waals surface area (Å²) in [6, 6.07) is 12.0. The van der Waals surface area contributed by atoms with E-state index in [2.05, 4.69) is 39.8 Å². The second kappa shape index (κ2) is 10.4. The van der Waals surface area contributed by atoms with E-state index >= 15 is 0 Å². The number of hydrogen-bond donors (Lipinski definition) is 2. The van der Waals surface area contributed by atoms with E-state index in [1.165, 1.54) is 11.1 Å². The lowest BCUT2D eigenvalue weighted by atomic mass is 9.87. The number of benzene rings is 2. The number of rotatable bonds is 8. The number of nitrogens with one attached hydrogen (secondary N) is 2. The van der Waals surface area contributed by atoms with Gasteiger partial charge in [0.1, 0.15) is 5.75 Å². The van der Waals surface area contributed by atoms with E-state index in [0.717, 1.165) is 36.6 Å². The van der Waals surface area contributed by atoms with Gasteiger partial charge in [-0.25, -0.2) is 4.79 Å². The number of carbonyl (C=O) groups excluding carboxylic acids is 1. The summed E-state index contributed by atoms with van der Waals surface area (Å²) in [5, 5.41) is 5.94. The van der Waals surface area contributed by atoms with E-state index in [0.29, 0.717) is 12.3 Å². The van der Waals surface area contributed by atoms with Crippen LogP contribution in [0.1, 0.15) is 36.6 Å². The fraction of sp³-hybridized carbons (Fsp3) is 0.458. The molecule has 2 N–H and O–H groups in total. The zero-order chi connectivity index (χ0) is 22.4. The van der Waals surface area contributed by atoms with Crippen LogP contribution in [-0.2, 0) is 13.0 Å². The van der Waals surface area contributed by atoms with Gasteiger partial charge in [0, 0.05) is 25.7 Å². The lowest BCUT2D eigenvalue weighted by molar-refractivity contribution is 0.143. The molecule has 2 atom stereocenters. The number of nitrogens with zero attached hydrogens (tertiary/aromatic N) is 1. The van der Waals surface area contributed by atoms with Gasteiger partial charge in [-0.05, 0) is 61.2 Å². The first-order valence-electron chi connectivity index (χ1n) is 10.7. The molecular weight excluding hydrogens is 394 g/mol. The van der Waals surface area contributed by atoms with Crippen LogP contribution < -0.4 is 24.8 Å².